The number of hydrogen-bond donors (Lipinski definition) is 1. The second-order valence-corrected chi connectivity index (χ2v) is 9.50. The van der Waals surface area contributed by atoms with Gasteiger partial charge in [0.1, 0.15) is 6.04 Å². The van der Waals surface area contributed by atoms with Gasteiger partial charge in [0.2, 0.25) is 15.9 Å². The molecule has 3 aromatic rings. The van der Waals surface area contributed by atoms with Gasteiger partial charge in [-0.15, -0.1) is 0 Å². The molecule has 31 heavy (non-hydrogen) atoms. The summed E-state index contributed by atoms with van der Waals surface area (Å²) in [6.45, 7) is 0.786. The minimum atomic E-state index is -3.70. The van der Waals surface area contributed by atoms with Crippen molar-refractivity contribution in [3.63, 3.8) is 0 Å². The van der Waals surface area contributed by atoms with Crippen LogP contribution in [0.15, 0.2) is 78.0 Å². The molecule has 0 aliphatic carbocycles. The highest BCUT2D eigenvalue weighted by atomic mass is 32.2. The first-order chi connectivity index (χ1) is 15.1. The van der Waals surface area contributed by atoms with E-state index in [1.165, 1.54) is 4.31 Å². The SMILES string of the molecule is O=C(NCCc1cnn(-c2ccccc2)c1)C1CCCCN1S(=O)(=O)c1ccccc1. The molecule has 1 atom stereocenters. The molecule has 1 aliphatic heterocycles. The van der Waals surface area contributed by atoms with Crippen molar-refractivity contribution in [2.45, 2.75) is 36.6 Å². The zero-order valence-corrected chi connectivity index (χ0v) is 18.0. The number of para-hydroxylation sites is 1. The van der Waals surface area contributed by atoms with Crippen LogP contribution in [0.25, 0.3) is 5.69 Å². The van der Waals surface area contributed by atoms with Crippen molar-refractivity contribution in [3.8, 4) is 5.69 Å². The predicted molar refractivity (Wildman–Crippen MR) is 118 cm³/mol. The van der Waals surface area contributed by atoms with Crippen LogP contribution in [0.3, 0.4) is 0 Å². The summed E-state index contributed by atoms with van der Waals surface area (Å²) in [5.74, 6) is -0.241. The van der Waals surface area contributed by atoms with Gasteiger partial charge in [-0.3, -0.25) is 4.79 Å². The molecule has 162 valence electrons. The first-order valence-electron chi connectivity index (χ1n) is 10.5. The van der Waals surface area contributed by atoms with Crippen LogP contribution in [0.2, 0.25) is 0 Å². The van der Waals surface area contributed by atoms with Crippen molar-refractivity contribution in [1.29, 1.82) is 0 Å². The first kappa shape index (κ1) is 21.3. The van der Waals surface area contributed by atoms with Gasteiger partial charge in [0.15, 0.2) is 0 Å². The van der Waals surface area contributed by atoms with Crippen LogP contribution in [-0.2, 0) is 21.2 Å². The first-order valence-corrected chi connectivity index (χ1v) is 11.9. The van der Waals surface area contributed by atoms with E-state index in [9.17, 15) is 13.2 Å². The zero-order chi connectivity index (χ0) is 21.7. The molecule has 1 N–H and O–H groups in total. The normalized spacial score (nSPS) is 17.4. The van der Waals surface area contributed by atoms with Crippen LogP contribution in [-0.4, -0.2) is 47.5 Å². The lowest BCUT2D eigenvalue weighted by atomic mass is 10.0. The Morgan fingerprint density at radius 1 is 1.03 bits per heavy atom. The second-order valence-electron chi connectivity index (χ2n) is 7.61. The van der Waals surface area contributed by atoms with Gasteiger partial charge in [0.05, 0.1) is 16.8 Å². The molecule has 0 radical (unpaired) electrons. The van der Waals surface area contributed by atoms with E-state index in [1.54, 1.807) is 41.2 Å². The van der Waals surface area contributed by atoms with Gasteiger partial charge >= 0.3 is 0 Å². The lowest BCUT2D eigenvalue weighted by Gasteiger charge is -2.33. The van der Waals surface area contributed by atoms with Crippen LogP contribution < -0.4 is 5.32 Å². The number of benzene rings is 2. The molecule has 2 heterocycles. The summed E-state index contributed by atoms with van der Waals surface area (Å²) in [4.78, 5) is 13.1. The number of nitrogens with zero attached hydrogens (tertiary/aromatic N) is 3. The van der Waals surface area contributed by atoms with Crippen molar-refractivity contribution >= 4 is 15.9 Å². The largest absolute Gasteiger partial charge is 0.354 e. The standard InChI is InChI=1S/C23H26N4O3S/c28-23(24-15-14-19-17-25-26(18-19)20-9-3-1-4-10-20)22-13-7-8-16-27(22)31(29,30)21-11-5-2-6-12-21/h1-6,9-12,17-18,22H,7-8,13-16H2,(H,24,28). The maximum absolute atomic E-state index is 13.1. The van der Waals surface area contributed by atoms with E-state index in [1.807, 2.05) is 36.5 Å². The average Bonchev–Trinajstić information content (AvgIpc) is 3.29. The molecular formula is C23H26N4O3S. The van der Waals surface area contributed by atoms with E-state index in [4.69, 9.17) is 0 Å². The van der Waals surface area contributed by atoms with Crippen LogP contribution in [0.5, 0.6) is 0 Å². The minimum Gasteiger partial charge on any atom is -0.354 e. The summed E-state index contributed by atoms with van der Waals surface area (Å²) < 4.78 is 29.3. The molecule has 0 spiro atoms. The third kappa shape index (κ3) is 4.86. The number of aromatic nitrogens is 2. The Morgan fingerprint density at radius 3 is 2.48 bits per heavy atom. The Morgan fingerprint density at radius 2 is 1.74 bits per heavy atom. The molecule has 2 aromatic carbocycles. The number of carbonyl (C=O) groups is 1. The second kappa shape index (κ2) is 9.45. The van der Waals surface area contributed by atoms with Crippen molar-refractivity contribution in [3.05, 3.63) is 78.6 Å². The number of sulfonamides is 1. The van der Waals surface area contributed by atoms with Crippen molar-refractivity contribution in [2.24, 2.45) is 0 Å². The number of hydrogen-bond acceptors (Lipinski definition) is 4. The summed E-state index contributed by atoms with van der Waals surface area (Å²) in [6, 6.07) is 17.5. The molecule has 8 heteroatoms. The maximum Gasteiger partial charge on any atom is 0.243 e. The monoisotopic (exact) mass is 438 g/mol. The van der Waals surface area contributed by atoms with Gasteiger partial charge in [0, 0.05) is 19.3 Å². The van der Waals surface area contributed by atoms with Crippen molar-refractivity contribution in [2.75, 3.05) is 13.1 Å². The van der Waals surface area contributed by atoms with Gasteiger partial charge in [-0.25, -0.2) is 13.1 Å². The summed E-state index contributed by atoms with van der Waals surface area (Å²) in [7, 11) is -3.70. The van der Waals surface area contributed by atoms with Crippen LogP contribution in [0.1, 0.15) is 24.8 Å². The topological polar surface area (TPSA) is 84.3 Å². The molecule has 1 aromatic heterocycles. The fourth-order valence-corrected chi connectivity index (χ4v) is 5.52. The lowest BCUT2D eigenvalue weighted by Crippen LogP contribution is -2.52. The Balaban J connectivity index is 1.38. The zero-order valence-electron chi connectivity index (χ0n) is 17.2. The van der Waals surface area contributed by atoms with Crippen LogP contribution in [0.4, 0.5) is 0 Å². The van der Waals surface area contributed by atoms with E-state index in [0.717, 1.165) is 24.1 Å². The third-order valence-corrected chi connectivity index (χ3v) is 7.40. The van der Waals surface area contributed by atoms with Gasteiger partial charge in [-0.2, -0.15) is 9.40 Å². The van der Waals surface area contributed by atoms with Crippen LogP contribution >= 0.6 is 0 Å². The maximum atomic E-state index is 13.1. The quantitative estimate of drug-likeness (QED) is 0.615. The number of nitrogens with one attached hydrogen (secondary N) is 1. The smallest absolute Gasteiger partial charge is 0.243 e. The van der Waals surface area contributed by atoms with Gasteiger partial charge < -0.3 is 5.32 Å². The molecule has 1 amide bonds. The molecular weight excluding hydrogens is 412 g/mol. The molecule has 4 rings (SSSR count). The summed E-state index contributed by atoms with van der Waals surface area (Å²) in [5.41, 5.74) is 1.98. The molecule has 7 nitrogen and oxygen atoms in total. The Kier molecular flexibility index (Phi) is 6.48. The fraction of sp³-hybridized carbons (Fsp3) is 0.304. The summed E-state index contributed by atoms with van der Waals surface area (Å²) in [6.07, 6.45) is 6.47. The molecule has 1 unspecified atom stereocenters. The Bertz CT molecular complexity index is 1110. The van der Waals surface area contributed by atoms with E-state index < -0.39 is 16.1 Å². The van der Waals surface area contributed by atoms with Crippen molar-refractivity contribution < 1.29 is 13.2 Å². The third-order valence-electron chi connectivity index (χ3n) is 5.48. The fourth-order valence-electron chi connectivity index (χ4n) is 3.84. The molecule has 1 aliphatic rings. The Hall–Kier alpha value is -2.97. The Labute approximate surface area is 182 Å². The molecule has 1 fully saturated rings. The van der Waals surface area contributed by atoms with Gasteiger partial charge in [0.25, 0.3) is 0 Å². The number of amides is 1. The molecule has 1 saturated heterocycles. The van der Waals surface area contributed by atoms with E-state index in [-0.39, 0.29) is 10.8 Å². The molecule has 0 saturated carbocycles. The summed E-state index contributed by atoms with van der Waals surface area (Å²) >= 11 is 0. The van der Waals surface area contributed by atoms with Crippen molar-refractivity contribution in [1.82, 2.24) is 19.4 Å². The van der Waals surface area contributed by atoms with E-state index in [0.29, 0.717) is 25.9 Å². The predicted octanol–water partition coefficient (Wildman–Crippen LogP) is 2.77. The highest BCUT2D eigenvalue weighted by Gasteiger charge is 2.37. The number of piperidine rings is 1. The van der Waals surface area contributed by atoms with Gasteiger partial charge in [-0.1, -0.05) is 42.8 Å². The lowest BCUT2D eigenvalue weighted by molar-refractivity contribution is -0.125. The number of carbonyl (C=O) groups excluding carboxylic acids is 1. The highest BCUT2D eigenvalue weighted by molar-refractivity contribution is 7.89. The molecule has 0 bridgehead atoms. The van der Waals surface area contributed by atoms with Gasteiger partial charge in [-0.05, 0) is 49.1 Å². The summed E-state index contributed by atoms with van der Waals surface area (Å²) in [5, 5.41) is 7.29. The van der Waals surface area contributed by atoms with Crippen LogP contribution in [0, 0.1) is 0 Å². The minimum absolute atomic E-state index is 0.225. The average molecular weight is 439 g/mol. The van der Waals surface area contributed by atoms with E-state index >= 15 is 0 Å². The number of rotatable bonds is 7. The highest BCUT2D eigenvalue weighted by Crippen LogP contribution is 2.25. The van der Waals surface area contributed by atoms with E-state index in [2.05, 4.69) is 10.4 Å².